The highest BCUT2D eigenvalue weighted by molar-refractivity contribution is 14.1. The predicted octanol–water partition coefficient (Wildman–Crippen LogP) is 5.05. The van der Waals surface area contributed by atoms with Crippen LogP contribution in [0, 0.1) is 3.57 Å². The second kappa shape index (κ2) is 6.47. The molecule has 1 heterocycles. The lowest BCUT2D eigenvalue weighted by Crippen LogP contribution is -2.27. The fraction of sp³-hybridized carbons (Fsp3) is 0.235. The summed E-state index contributed by atoms with van der Waals surface area (Å²) in [6.07, 6.45) is 5.31. The fourth-order valence-electron chi connectivity index (χ4n) is 1.79. The molecular formula is C17H18INO2. The summed E-state index contributed by atoms with van der Waals surface area (Å²) in [6, 6.07) is 11.9. The minimum atomic E-state index is -0.507. The first-order chi connectivity index (χ1) is 9.85. The number of benzene rings is 1. The third kappa shape index (κ3) is 4.74. The van der Waals surface area contributed by atoms with Gasteiger partial charge in [-0.2, -0.15) is 0 Å². The van der Waals surface area contributed by atoms with E-state index in [1.807, 2.05) is 69.3 Å². The smallest absolute Gasteiger partial charge is 0.419 e. The van der Waals surface area contributed by atoms with Gasteiger partial charge in [0.1, 0.15) is 5.60 Å². The van der Waals surface area contributed by atoms with Crippen molar-refractivity contribution in [2.75, 3.05) is 0 Å². The molecule has 0 spiro atoms. The predicted molar refractivity (Wildman–Crippen MR) is 94.2 cm³/mol. The molecule has 0 unspecified atom stereocenters. The monoisotopic (exact) mass is 395 g/mol. The lowest BCUT2D eigenvalue weighted by molar-refractivity contribution is 0.0536. The maximum Gasteiger partial charge on any atom is 0.419 e. The van der Waals surface area contributed by atoms with Gasteiger partial charge >= 0.3 is 6.09 Å². The fourth-order valence-corrected chi connectivity index (χ4v) is 2.39. The van der Waals surface area contributed by atoms with E-state index in [4.69, 9.17) is 4.74 Å². The molecule has 0 aliphatic carbocycles. The van der Waals surface area contributed by atoms with E-state index in [0.29, 0.717) is 0 Å². The highest BCUT2D eigenvalue weighted by atomic mass is 127. The molecule has 0 amide bonds. The molecule has 0 bridgehead atoms. The highest BCUT2D eigenvalue weighted by Crippen LogP contribution is 2.17. The third-order valence-corrected chi connectivity index (χ3v) is 3.24. The molecule has 0 radical (unpaired) electrons. The Morgan fingerprint density at radius 1 is 1.19 bits per heavy atom. The van der Waals surface area contributed by atoms with Crippen molar-refractivity contribution >= 4 is 40.8 Å². The van der Waals surface area contributed by atoms with Gasteiger partial charge in [-0.25, -0.2) is 4.79 Å². The van der Waals surface area contributed by atoms with Gasteiger partial charge in [0.15, 0.2) is 0 Å². The minimum Gasteiger partial charge on any atom is -0.443 e. The lowest BCUT2D eigenvalue weighted by atomic mass is 10.2. The zero-order chi connectivity index (χ0) is 15.5. The van der Waals surface area contributed by atoms with Gasteiger partial charge in [-0.1, -0.05) is 36.4 Å². The SMILES string of the molecule is CC(C)(C)OC(=O)n1cc(I)cc1/C=C/c1ccccc1. The summed E-state index contributed by atoms with van der Waals surface area (Å²) in [4.78, 5) is 12.2. The van der Waals surface area contributed by atoms with Crippen LogP contribution in [0.2, 0.25) is 0 Å². The molecule has 0 fully saturated rings. The molecule has 1 aromatic carbocycles. The van der Waals surface area contributed by atoms with Crippen LogP contribution < -0.4 is 0 Å². The average molecular weight is 395 g/mol. The second-order valence-corrected chi connectivity index (χ2v) is 6.92. The maximum absolute atomic E-state index is 12.2. The first kappa shape index (κ1) is 15.8. The van der Waals surface area contributed by atoms with Gasteiger partial charge in [0, 0.05) is 9.77 Å². The molecule has 21 heavy (non-hydrogen) atoms. The summed E-state index contributed by atoms with van der Waals surface area (Å²) >= 11 is 2.19. The zero-order valence-electron chi connectivity index (χ0n) is 12.3. The Morgan fingerprint density at radius 3 is 2.48 bits per heavy atom. The molecule has 0 aliphatic rings. The maximum atomic E-state index is 12.2. The number of rotatable bonds is 2. The molecule has 2 rings (SSSR count). The van der Waals surface area contributed by atoms with Crippen LogP contribution in [-0.2, 0) is 4.74 Å². The third-order valence-electron chi connectivity index (χ3n) is 2.65. The van der Waals surface area contributed by atoms with Crippen molar-refractivity contribution in [1.29, 1.82) is 0 Å². The summed E-state index contributed by atoms with van der Waals surface area (Å²) < 4.78 is 7.94. The summed E-state index contributed by atoms with van der Waals surface area (Å²) in [5.74, 6) is 0. The van der Waals surface area contributed by atoms with Crippen molar-refractivity contribution in [2.45, 2.75) is 26.4 Å². The van der Waals surface area contributed by atoms with E-state index in [9.17, 15) is 4.79 Å². The van der Waals surface area contributed by atoms with E-state index in [2.05, 4.69) is 22.6 Å². The minimum absolute atomic E-state index is 0.363. The topological polar surface area (TPSA) is 31.2 Å². The molecule has 2 aromatic rings. The quantitative estimate of drug-likeness (QED) is 0.667. The summed E-state index contributed by atoms with van der Waals surface area (Å²) in [7, 11) is 0. The van der Waals surface area contributed by atoms with Crippen LogP contribution in [0.3, 0.4) is 0 Å². The second-order valence-electron chi connectivity index (χ2n) is 5.68. The number of aromatic nitrogens is 1. The van der Waals surface area contributed by atoms with Gasteiger partial charge in [-0.05, 0) is 61.1 Å². The van der Waals surface area contributed by atoms with Crippen LogP contribution in [0.25, 0.3) is 12.2 Å². The largest absolute Gasteiger partial charge is 0.443 e. The van der Waals surface area contributed by atoms with Crippen LogP contribution in [0.5, 0.6) is 0 Å². The first-order valence-electron chi connectivity index (χ1n) is 6.69. The van der Waals surface area contributed by atoms with Crippen molar-refractivity contribution in [2.24, 2.45) is 0 Å². The molecule has 1 aromatic heterocycles. The van der Waals surface area contributed by atoms with E-state index in [1.54, 1.807) is 6.20 Å². The van der Waals surface area contributed by atoms with Crippen molar-refractivity contribution < 1.29 is 9.53 Å². The van der Waals surface area contributed by atoms with Crippen molar-refractivity contribution in [1.82, 2.24) is 4.57 Å². The van der Waals surface area contributed by atoms with Crippen LogP contribution in [0.4, 0.5) is 4.79 Å². The first-order valence-corrected chi connectivity index (χ1v) is 7.77. The number of hydrogen-bond donors (Lipinski definition) is 0. The molecule has 0 N–H and O–H groups in total. The molecule has 0 saturated heterocycles. The standard InChI is InChI=1S/C17H18INO2/c1-17(2,3)21-16(20)19-12-14(18)11-15(19)10-9-13-7-5-4-6-8-13/h4-12H,1-3H3/b10-9+. The van der Waals surface area contributed by atoms with Crippen LogP contribution >= 0.6 is 22.6 Å². The van der Waals surface area contributed by atoms with E-state index in [1.165, 1.54) is 4.57 Å². The van der Waals surface area contributed by atoms with E-state index < -0.39 is 5.60 Å². The molecule has 4 heteroatoms. The number of ether oxygens (including phenoxy) is 1. The van der Waals surface area contributed by atoms with Gasteiger partial charge in [0.05, 0.1) is 5.69 Å². The molecule has 3 nitrogen and oxygen atoms in total. The number of hydrogen-bond acceptors (Lipinski definition) is 2. The highest BCUT2D eigenvalue weighted by Gasteiger charge is 2.19. The van der Waals surface area contributed by atoms with Crippen LogP contribution in [0.1, 0.15) is 32.0 Å². The summed E-state index contributed by atoms with van der Waals surface area (Å²) in [5, 5.41) is 0. The number of halogens is 1. The molecule has 0 atom stereocenters. The van der Waals surface area contributed by atoms with Crippen LogP contribution in [0.15, 0.2) is 42.6 Å². The lowest BCUT2D eigenvalue weighted by Gasteiger charge is -2.20. The van der Waals surface area contributed by atoms with Gasteiger partial charge < -0.3 is 4.74 Å². The van der Waals surface area contributed by atoms with Gasteiger partial charge in [0.25, 0.3) is 0 Å². The Labute approximate surface area is 138 Å². The van der Waals surface area contributed by atoms with E-state index in [0.717, 1.165) is 14.8 Å². The van der Waals surface area contributed by atoms with Gasteiger partial charge in [-0.3, -0.25) is 4.57 Å². The van der Waals surface area contributed by atoms with Gasteiger partial charge in [0.2, 0.25) is 0 Å². The Hall–Kier alpha value is -1.56. The molecule has 110 valence electrons. The number of nitrogens with zero attached hydrogens (tertiary/aromatic N) is 1. The van der Waals surface area contributed by atoms with Crippen molar-refractivity contribution in [3.63, 3.8) is 0 Å². The van der Waals surface area contributed by atoms with Crippen molar-refractivity contribution in [3.05, 3.63) is 57.4 Å². The summed E-state index contributed by atoms with van der Waals surface area (Å²) in [6.45, 7) is 5.58. The van der Waals surface area contributed by atoms with Crippen molar-refractivity contribution in [3.8, 4) is 0 Å². The Bertz CT molecular complexity index is 651. The molecule has 0 saturated carbocycles. The van der Waals surface area contributed by atoms with Gasteiger partial charge in [-0.15, -0.1) is 0 Å². The van der Waals surface area contributed by atoms with E-state index in [-0.39, 0.29) is 6.09 Å². The van der Waals surface area contributed by atoms with E-state index >= 15 is 0 Å². The summed E-state index contributed by atoms with van der Waals surface area (Å²) in [5.41, 5.74) is 1.38. The molecule has 0 aliphatic heterocycles. The number of carbonyl (C=O) groups excluding carboxylic acids is 1. The Morgan fingerprint density at radius 2 is 1.86 bits per heavy atom. The molecular weight excluding hydrogens is 377 g/mol. The zero-order valence-corrected chi connectivity index (χ0v) is 14.5. The van der Waals surface area contributed by atoms with Crippen LogP contribution in [-0.4, -0.2) is 16.3 Å². The normalized spacial score (nSPS) is 11.8. The Balaban J connectivity index is 2.25. The Kier molecular flexibility index (Phi) is 4.88. The number of carbonyl (C=O) groups is 1. The average Bonchev–Trinajstić information content (AvgIpc) is 2.77.